The predicted molar refractivity (Wildman–Crippen MR) is 308 cm³/mol. The number of para-hydroxylation sites is 2. The van der Waals surface area contributed by atoms with E-state index >= 15 is 0 Å². The minimum atomic E-state index is -0.240. The highest BCUT2D eigenvalue weighted by Gasteiger charge is 2.43. The summed E-state index contributed by atoms with van der Waals surface area (Å²) in [5.41, 5.74) is 15.8. The van der Waals surface area contributed by atoms with Crippen molar-refractivity contribution >= 4 is 28.6 Å². The number of anilines is 2. The number of unbranched alkanes of at least 4 members (excludes halogenated alkanes) is 1. The van der Waals surface area contributed by atoms with E-state index in [0.29, 0.717) is 41.5 Å². The normalized spacial score (nSPS) is 26.9. The van der Waals surface area contributed by atoms with Gasteiger partial charge in [-0.2, -0.15) is 0 Å². The molecule has 72 heavy (non-hydrogen) atoms. The van der Waals surface area contributed by atoms with Crippen LogP contribution in [0.25, 0.3) is 5.57 Å². The van der Waals surface area contributed by atoms with Gasteiger partial charge in [0.1, 0.15) is 12.0 Å². The van der Waals surface area contributed by atoms with Crippen molar-refractivity contribution in [2.24, 2.45) is 39.6 Å². The van der Waals surface area contributed by atoms with Crippen LogP contribution < -0.4 is 10.2 Å². The SMILES string of the molecule is C=C/C=C1\C(=C/C)C(/C=C(\C)C2CC=C3C(C2)c2ccccc2N3c2ccccc2)C(CC)N1C1=CC(C2C=C(c3cccc(C4=NC(/C(C=C)=C/C=C\C)NC(C(CC)CCCC)=N4)c3)C=CC2)CCC1. The fourth-order valence-corrected chi connectivity index (χ4v) is 12.7. The summed E-state index contributed by atoms with van der Waals surface area (Å²) < 4.78 is 0. The van der Waals surface area contributed by atoms with Crippen molar-refractivity contribution in [3.63, 3.8) is 0 Å². The lowest BCUT2D eigenvalue weighted by atomic mass is 9.77. The lowest BCUT2D eigenvalue weighted by Gasteiger charge is -2.36. The van der Waals surface area contributed by atoms with Crippen molar-refractivity contribution in [2.45, 2.75) is 130 Å². The van der Waals surface area contributed by atoms with E-state index < -0.39 is 0 Å². The van der Waals surface area contributed by atoms with Crippen LogP contribution in [-0.4, -0.2) is 28.8 Å². The van der Waals surface area contributed by atoms with Crippen molar-refractivity contribution in [1.82, 2.24) is 10.2 Å². The molecular formula is C67H79N5. The molecule has 3 aliphatic carbocycles. The molecule has 5 nitrogen and oxygen atoms in total. The number of nitrogens with one attached hydrogen (secondary N) is 1. The highest BCUT2D eigenvalue weighted by Crippen LogP contribution is 2.54. The molecule has 9 rings (SSSR count). The van der Waals surface area contributed by atoms with Crippen LogP contribution in [0.2, 0.25) is 0 Å². The molecule has 5 heteroatoms. The number of likely N-dealkylation sites (tertiary alicyclic amines) is 1. The Morgan fingerprint density at radius 3 is 2.51 bits per heavy atom. The third-order valence-electron chi connectivity index (χ3n) is 16.4. The number of benzene rings is 3. The first-order valence-corrected chi connectivity index (χ1v) is 27.5. The van der Waals surface area contributed by atoms with E-state index in [1.54, 1.807) is 0 Å². The number of hydrogen-bond donors (Lipinski definition) is 1. The lowest BCUT2D eigenvalue weighted by Crippen LogP contribution is -2.43. The van der Waals surface area contributed by atoms with E-state index in [1.165, 1.54) is 82.0 Å². The van der Waals surface area contributed by atoms with E-state index in [2.05, 4.69) is 203 Å². The molecule has 1 N–H and O–H groups in total. The molecule has 0 amide bonds. The molecule has 8 atom stereocenters. The highest BCUT2D eigenvalue weighted by atomic mass is 15.2. The summed E-state index contributed by atoms with van der Waals surface area (Å²) in [6.45, 7) is 22.1. The second kappa shape index (κ2) is 23.4. The molecule has 1 fully saturated rings. The topological polar surface area (TPSA) is 43.2 Å². The average Bonchev–Trinajstić information content (AvgIpc) is 3.92. The second-order valence-electron chi connectivity index (χ2n) is 20.8. The largest absolute Gasteiger partial charge is 0.348 e. The van der Waals surface area contributed by atoms with Gasteiger partial charge in [-0.1, -0.05) is 180 Å². The molecule has 3 aliphatic heterocycles. The van der Waals surface area contributed by atoms with E-state index in [-0.39, 0.29) is 6.17 Å². The molecule has 3 heterocycles. The molecular weight excluding hydrogens is 875 g/mol. The molecule has 1 saturated heterocycles. The Morgan fingerprint density at radius 2 is 1.75 bits per heavy atom. The van der Waals surface area contributed by atoms with Crippen LogP contribution in [0.3, 0.4) is 0 Å². The number of fused-ring (bicyclic) bond motifs is 3. The van der Waals surface area contributed by atoms with Crippen LogP contribution in [0.4, 0.5) is 11.4 Å². The third kappa shape index (κ3) is 10.4. The third-order valence-corrected chi connectivity index (χ3v) is 16.4. The van der Waals surface area contributed by atoms with Gasteiger partial charge in [-0.25, -0.2) is 9.98 Å². The van der Waals surface area contributed by atoms with Gasteiger partial charge < -0.3 is 15.1 Å². The molecule has 3 aromatic rings. The Labute approximate surface area is 433 Å². The maximum atomic E-state index is 5.27. The first kappa shape index (κ1) is 50.5. The van der Waals surface area contributed by atoms with Crippen LogP contribution in [0, 0.1) is 29.6 Å². The molecule has 6 aliphatic rings. The van der Waals surface area contributed by atoms with E-state index in [9.17, 15) is 0 Å². The summed E-state index contributed by atoms with van der Waals surface area (Å²) >= 11 is 0. The zero-order valence-corrected chi connectivity index (χ0v) is 44.1. The van der Waals surface area contributed by atoms with Gasteiger partial charge in [-0.05, 0) is 155 Å². The Hall–Kier alpha value is -6.46. The summed E-state index contributed by atoms with van der Waals surface area (Å²) in [5, 5.41) is 3.72. The highest BCUT2D eigenvalue weighted by molar-refractivity contribution is 6.09. The average molecular weight is 954 g/mol. The Morgan fingerprint density at radius 1 is 0.931 bits per heavy atom. The summed E-state index contributed by atoms with van der Waals surface area (Å²) in [7, 11) is 0. The van der Waals surface area contributed by atoms with E-state index in [0.717, 1.165) is 67.8 Å². The van der Waals surface area contributed by atoms with Crippen molar-refractivity contribution < 1.29 is 0 Å². The Kier molecular flexibility index (Phi) is 16.4. The van der Waals surface area contributed by atoms with Crippen LogP contribution in [-0.2, 0) is 0 Å². The summed E-state index contributed by atoms with van der Waals surface area (Å²) in [5.74, 6) is 4.25. The van der Waals surface area contributed by atoms with Gasteiger partial charge in [0, 0.05) is 57.8 Å². The van der Waals surface area contributed by atoms with Gasteiger partial charge in [0.2, 0.25) is 0 Å². The summed E-state index contributed by atoms with van der Waals surface area (Å²) in [6, 6.07) is 29.3. The van der Waals surface area contributed by atoms with Crippen molar-refractivity contribution in [2.75, 3.05) is 4.90 Å². The van der Waals surface area contributed by atoms with Crippen LogP contribution in [0.15, 0.2) is 215 Å². The standard InChI is InChI=1S/C67H79N5/c1-9-16-27-47(12-4)65-68-66(48(13-5)28-17-10-2)70-67(69-65)54-33-24-31-52(43-54)50-29-23-30-51(42-50)53-32-25-36-56(44-53)72-61(15-7)59(57(14-6)62(72)26-11-3)41-46(8)49-39-40-64-60(45-49)58-37-21-22-38-63(58)71(64)55-34-19-18-20-35-55/h9,11-12,14,16,18-24,26-27,29,31,33-35,37-38,40-44,48-49,51,53,59-61,65H,3-4,10,13,15,17,25,28,30,32,36,39,45H2,1-2,5-8H3,(H,68,69,70)/b16-9-,46-41+,47-27+,57-14-,62-26+. The monoisotopic (exact) mass is 954 g/mol. The first-order chi connectivity index (χ1) is 35.3. The summed E-state index contributed by atoms with van der Waals surface area (Å²) in [6.07, 6.45) is 42.1. The van der Waals surface area contributed by atoms with Gasteiger partial charge in [0.05, 0.1) is 0 Å². The number of allylic oxidation sites excluding steroid dienone is 16. The van der Waals surface area contributed by atoms with Gasteiger partial charge in [0.15, 0.2) is 5.84 Å². The van der Waals surface area contributed by atoms with Gasteiger partial charge >= 0.3 is 0 Å². The molecule has 372 valence electrons. The smallest absolute Gasteiger partial charge is 0.159 e. The molecule has 0 saturated carbocycles. The number of nitrogens with zero attached hydrogens (tertiary/aromatic N) is 4. The van der Waals surface area contributed by atoms with Crippen LogP contribution >= 0.6 is 0 Å². The Bertz CT molecular complexity index is 2820. The van der Waals surface area contributed by atoms with Gasteiger partial charge in [-0.3, -0.25) is 0 Å². The van der Waals surface area contributed by atoms with E-state index in [1.807, 2.05) is 25.2 Å². The number of amidine groups is 2. The molecule has 0 aromatic heterocycles. The number of hydrogen-bond acceptors (Lipinski definition) is 5. The predicted octanol–water partition coefficient (Wildman–Crippen LogP) is 17.2. The quantitative estimate of drug-likeness (QED) is 0.108. The second-order valence-corrected chi connectivity index (χ2v) is 20.8. The molecule has 0 radical (unpaired) electrons. The van der Waals surface area contributed by atoms with Gasteiger partial charge in [0.25, 0.3) is 0 Å². The number of rotatable bonds is 17. The van der Waals surface area contributed by atoms with Crippen LogP contribution in [0.5, 0.6) is 0 Å². The fraction of sp³-hybridized carbons (Fsp3) is 0.373. The zero-order valence-electron chi connectivity index (χ0n) is 44.1. The van der Waals surface area contributed by atoms with E-state index in [4.69, 9.17) is 9.98 Å². The molecule has 0 spiro atoms. The van der Waals surface area contributed by atoms with Crippen molar-refractivity contribution in [1.29, 1.82) is 0 Å². The minimum absolute atomic E-state index is 0.240. The minimum Gasteiger partial charge on any atom is -0.348 e. The molecule has 3 aromatic carbocycles. The molecule has 8 unspecified atom stereocenters. The summed E-state index contributed by atoms with van der Waals surface area (Å²) in [4.78, 5) is 15.8. The first-order valence-electron chi connectivity index (χ1n) is 27.5. The Balaban J connectivity index is 0.975. The maximum Gasteiger partial charge on any atom is 0.159 e. The fourth-order valence-electron chi connectivity index (χ4n) is 12.7. The maximum absolute atomic E-state index is 5.27. The van der Waals surface area contributed by atoms with Crippen molar-refractivity contribution in [3.05, 3.63) is 222 Å². The number of aliphatic imine (C=N–C) groups is 2. The van der Waals surface area contributed by atoms with Crippen LogP contribution in [0.1, 0.15) is 135 Å². The van der Waals surface area contributed by atoms with Gasteiger partial charge in [-0.15, -0.1) is 0 Å². The molecule has 0 bridgehead atoms. The zero-order chi connectivity index (χ0) is 50.1. The van der Waals surface area contributed by atoms with Crippen molar-refractivity contribution in [3.8, 4) is 0 Å². The lowest BCUT2D eigenvalue weighted by molar-refractivity contribution is 0.288.